The van der Waals surface area contributed by atoms with Gasteiger partial charge in [-0.15, -0.1) is 0 Å². The fraction of sp³-hybridized carbons (Fsp3) is 0.800. The van der Waals surface area contributed by atoms with Gasteiger partial charge in [-0.3, -0.25) is 0 Å². The first kappa shape index (κ1) is 14.9. The van der Waals surface area contributed by atoms with Gasteiger partial charge >= 0.3 is 0 Å². The van der Waals surface area contributed by atoms with Gasteiger partial charge in [-0.05, 0) is 25.2 Å². The van der Waals surface area contributed by atoms with Gasteiger partial charge in [-0.2, -0.15) is 0 Å². The van der Waals surface area contributed by atoms with Crippen LogP contribution in [0.25, 0.3) is 0 Å². The number of aliphatic hydroxyl groups excluding tert-OH is 1. The summed E-state index contributed by atoms with van der Waals surface area (Å²) in [5.41, 5.74) is 0. The third-order valence-corrected chi connectivity index (χ3v) is 2.01. The van der Waals surface area contributed by atoms with Crippen molar-refractivity contribution >= 4 is 0 Å². The van der Waals surface area contributed by atoms with Crippen molar-refractivity contribution in [3.63, 3.8) is 0 Å². The second-order valence-electron chi connectivity index (χ2n) is 3.52. The molecular weight excluding hydrogens is 320 g/mol. The van der Waals surface area contributed by atoms with Crippen LogP contribution in [0.5, 0.6) is 0 Å². The maximum atomic E-state index is 9.59. The van der Waals surface area contributed by atoms with Crippen LogP contribution >= 0.6 is 0 Å². The van der Waals surface area contributed by atoms with Crippen LogP contribution in [0.2, 0.25) is 0 Å². The maximum Gasteiger partial charge on any atom is 0.0591 e. The molecule has 0 aliphatic heterocycles. The maximum absolute atomic E-state index is 9.59. The van der Waals surface area contributed by atoms with Crippen molar-refractivity contribution in [1.29, 1.82) is 0 Å². The molecule has 2 atom stereocenters. The number of hydrogen-bond acceptors (Lipinski definition) is 1. The third kappa shape index (κ3) is 5.97. The number of hydrogen-bond donors (Lipinski definition) is 1. The number of allylic oxidation sites excluding steroid dienone is 2. The standard InChI is InChI=1S/C10H20O.W/c1-5-6-7-9(4)10(11)8(2)3;/h5-6,8-11H,7H2,1-4H3;/b6-5+;/t9-,10+;/m1./s1. The molecule has 0 aromatic heterocycles. The van der Waals surface area contributed by atoms with E-state index >= 15 is 0 Å². The summed E-state index contributed by atoms with van der Waals surface area (Å²) in [6, 6.07) is 0. The van der Waals surface area contributed by atoms with Gasteiger partial charge < -0.3 is 5.11 Å². The molecule has 0 rings (SSSR count). The minimum atomic E-state index is -0.161. The molecule has 0 saturated carbocycles. The molecule has 0 aromatic rings. The summed E-state index contributed by atoms with van der Waals surface area (Å²) in [5.74, 6) is 0.751. The number of rotatable bonds is 4. The van der Waals surface area contributed by atoms with Crippen molar-refractivity contribution in [3.8, 4) is 0 Å². The zero-order chi connectivity index (χ0) is 8.85. The summed E-state index contributed by atoms with van der Waals surface area (Å²) in [6.07, 6.45) is 4.96. The monoisotopic (exact) mass is 340 g/mol. The summed E-state index contributed by atoms with van der Waals surface area (Å²) in [4.78, 5) is 0. The van der Waals surface area contributed by atoms with Gasteiger partial charge in [-0.25, -0.2) is 0 Å². The first-order chi connectivity index (χ1) is 5.09. The molecule has 1 nitrogen and oxygen atoms in total. The molecule has 2 heteroatoms. The molecule has 0 fully saturated rings. The van der Waals surface area contributed by atoms with Crippen LogP contribution in [0.15, 0.2) is 12.2 Å². The summed E-state index contributed by atoms with van der Waals surface area (Å²) < 4.78 is 0. The Morgan fingerprint density at radius 2 is 1.75 bits per heavy atom. The van der Waals surface area contributed by atoms with E-state index in [2.05, 4.69) is 26.8 Å². The molecule has 12 heavy (non-hydrogen) atoms. The molecule has 0 spiro atoms. The molecule has 0 saturated heterocycles. The van der Waals surface area contributed by atoms with Crippen molar-refractivity contribution in [1.82, 2.24) is 0 Å². The van der Waals surface area contributed by atoms with E-state index in [1.54, 1.807) is 0 Å². The second kappa shape index (κ2) is 8.01. The van der Waals surface area contributed by atoms with Gasteiger partial charge in [0.05, 0.1) is 6.10 Å². The average molecular weight is 340 g/mol. The Hall–Kier alpha value is 0.388. The van der Waals surface area contributed by atoms with E-state index in [0.717, 1.165) is 6.42 Å². The smallest absolute Gasteiger partial charge is 0.0591 e. The Morgan fingerprint density at radius 3 is 2.08 bits per heavy atom. The van der Waals surface area contributed by atoms with Crippen LogP contribution in [0.1, 0.15) is 34.1 Å². The molecule has 0 amide bonds. The Balaban J connectivity index is 0. The summed E-state index contributed by atoms with van der Waals surface area (Å²) >= 11 is 0. The van der Waals surface area contributed by atoms with Gasteiger partial charge in [-0.1, -0.05) is 32.9 Å². The van der Waals surface area contributed by atoms with E-state index in [0.29, 0.717) is 11.8 Å². The van der Waals surface area contributed by atoms with E-state index in [-0.39, 0.29) is 27.2 Å². The van der Waals surface area contributed by atoms with Gasteiger partial charge in [0.25, 0.3) is 0 Å². The zero-order valence-corrected chi connectivity index (χ0v) is 11.4. The molecular formula is C10H20OW. The molecule has 1 N–H and O–H groups in total. The van der Waals surface area contributed by atoms with E-state index in [4.69, 9.17) is 0 Å². The molecule has 0 heterocycles. The Kier molecular flexibility index (Phi) is 9.94. The van der Waals surface area contributed by atoms with Crippen LogP contribution in [0.4, 0.5) is 0 Å². The van der Waals surface area contributed by atoms with Crippen LogP contribution in [0.3, 0.4) is 0 Å². The van der Waals surface area contributed by atoms with Crippen molar-refractivity contribution in [2.75, 3.05) is 0 Å². The minimum Gasteiger partial charge on any atom is -0.393 e. The van der Waals surface area contributed by atoms with E-state index in [1.807, 2.05) is 13.0 Å². The second-order valence-corrected chi connectivity index (χ2v) is 3.52. The first-order valence-electron chi connectivity index (χ1n) is 4.38. The largest absolute Gasteiger partial charge is 0.393 e. The molecule has 0 aromatic carbocycles. The molecule has 72 valence electrons. The van der Waals surface area contributed by atoms with Crippen LogP contribution < -0.4 is 0 Å². The van der Waals surface area contributed by atoms with E-state index < -0.39 is 0 Å². The third-order valence-electron chi connectivity index (χ3n) is 2.01. The average Bonchev–Trinajstić information content (AvgIpc) is 1.98. The summed E-state index contributed by atoms with van der Waals surface area (Å²) in [6.45, 7) is 8.20. The van der Waals surface area contributed by atoms with E-state index in [9.17, 15) is 5.11 Å². The SMILES string of the molecule is C/C=C/C[C@@H](C)[C@@H](O)C(C)C.[W]. The predicted molar refractivity (Wildman–Crippen MR) is 49.4 cm³/mol. The Labute approximate surface area is 90.5 Å². The van der Waals surface area contributed by atoms with Crippen LogP contribution in [-0.4, -0.2) is 11.2 Å². The quantitative estimate of drug-likeness (QED) is 0.780. The predicted octanol–water partition coefficient (Wildman–Crippen LogP) is 2.60. The summed E-state index contributed by atoms with van der Waals surface area (Å²) in [5, 5.41) is 9.59. The van der Waals surface area contributed by atoms with E-state index in [1.165, 1.54) is 0 Å². The summed E-state index contributed by atoms with van der Waals surface area (Å²) in [7, 11) is 0. The van der Waals surface area contributed by atoms with Gasteiger partial charge in [0, 0.05) is 21.1 Å². The van der Waals surface area contributed by atoms with Crippen LogP contribution in [-0.2, 0) is 21.1 Å². The zero-order valence-electron chi connectivity index (χ0n) is 8.45. The molecule has 0 unspecified atom stereocenters. The van der Waals surface area contributed by atoms with Crippen molar-refractivity contribution in [2.24, 2.45) is 11.8 Å². The van der Waals surface area contributed by atoms with Gasteiger partial charge in [0.15, 0.2) is 0 Å². The van der Waals surface area contributed by atoms with Crippen LogP contribution in [0, 0.1) is 11.8 Å². The topological polar surface area (TPSA) is 20.2 Å². The van der Waals surface area contributed by atoms with Gasteiger partial charge in [0.1, 0.15) is 0 Å². The molecule has 0 radical (unpaired) electrons. The Morgan fingerprint density at radius 1 is 1.25 bits per heavy atom. The Bertz CT molecular complexity index is 121. The fourth-order valence-electron chi connectivity index (χ4n) is 1.15. The van der Waals surface area contributed by atoms with Crippen molar-refractivity contribution in [3.05, 3.63) is 12.2 Å². The molecule has 0 bridgehead atoms. The fourth-order valence-corrected chi connectivity index (χ4v) is 1.15. The van der Waals surface area contributed by atoms with Crippen molar-refractivity contribution in [2.45, 2.75) is 40.2 Å². The molecule has 0 aliphatic rings. The van der Waals surface area contributed by atoms with Crippen molar-refractivity contribution < 1.29 is 26.2 Å². The first-order valence-corrected chi connectivity index (χ1v) is 4.38. The van der Waals surface area contributed by atoms with Gasteiger partial charge in [0.2, 0.25) is 0 Å². The molecule has 0 aliphatic carbocycles. The number of aliphatic hydroxyl groups is 1. The minimum absolute atomic E-state index is 0. The normalized spacial score (nSPS) is 16.2.